The molecule has 3 rings (SSSR count). The summed E-state index contributed by atoms with van der Waals surface area (Å²) in [6.45, 7) is 10.4. The third-order valence-corrected chi connectivity index (χ3v) is 6.02. The summed E-state index contributed by atoms with van der Waals surface area (Å²) in [7, 11) is 2.00. The lowest BCUT2D eigenvalue weighted by Crippen LogP contribution is -2.35. The van der Waals surface area contributed by atoms with Crippen LogP contribution < -0.4 is 5.32 Å². The van der Waals surface area contributed by atoms with E-state index < -0.39 is 0 Å². The van der Waals surface area contributed by atoms with E-state index in [1.54, 1.807) is 0 Å². The molecule has 1 N–H and O–H groups in total. The van der Waals surface area contributed by atoms with Gasteiger partial charge in [-0.3, -0.25) is 4.98 Å². The van der Waals surface area contributed by atoms with Crippen LogP contribution in [0, 0.1) is 6.92 Å². The lowest BCUT2D eigenvalue weighted by molar-refractivity contribution is -0.0604. The minimum Gasteiger partial charge on any atom is -0.375 e. The van der Waals surface area contributed by atoms with Gasteiger partial charge in [-0.1, -0.05) is 38.0 Å². The number of rotatable bonds is 9. The van der Waals surface area contributed by atoms with Gasteiger partial charge in [-0.25, -0.2) is 0 Å². The van der Waals surface area contributed by atoms with E-state index >= 15 is 0 Å². The second kappa shape index (κ2) is 10.2. The van der Waals surface area contributed by atoms with Crippen LogP contribution in [-0.4, -0.2) is 30.8 Å². The molecule has 1 aliphatic carbocycles. The standard InChI is InChI=1S/C26H36N2O/c1-5-29-26(12-7-6-8-13-26)18-21(3)23-15-22(11-14-27-4)16-24(17-23)25-10-9-20(2)19-28-25/h9-10,15-17,19,27H,3,5-8,11-14,18H2,1-2,4H3. The largest absolute Gasteiger partial charge is 0.375 e. The van der Waals surface area contributed by atoms with Crippen LogP contribution in [0.2, 0.25) is 0 Å². The van der Waals surface area contributed by atoms with Gasteiger partial charge in [-0.2, -0.15) is 0 Å². The lowest BCUT2D eigenvalue weighted by Gasteiger charge is -2.38. The first-order valence-corrected chi connectivity index (χ1v) is 11.1. The van der Waals surface area contributed by atoms with Gasteiger partial charge in [-0.15, -0.1) is 0 Å². The number of benzene rings is 1. The normalized spacial score (nSPS) is 16.0. The monoisotopic (exact) mass is 392 g/mol. The van der Waals surface area contributed by atoms with Gasteiger partial charge < -0.3 is 10.1 Å². The summed E-state index contributed by atoms with van der Waals surface area (Å²) in [6, 6.07) is 11.1. The Balaban J connectivity index is 1.90. The third-order valence-electron chi connectivity index (χ3n) is 6.02. The predicted molar refractivity (Wildman–Crippen MR) is 123 cm³/mol. The van der Waals surface area contributed by atoms with Crippen LogP contribution in [0.15, 0.2) is 43.1 Å². The molecule has 1 aromatic carbocycles. The van der Waals surface area contributed by atoms with Crippen molar-refractivity contribution in [2.45, 2.75) is 64.4 Å². The summed E-state index contributed by atoms with van der Waals surface area (Å²) in [5.41, 5.74) is 7.07. The van der Waals surface area contributed by atoms with Gasteiger partial charge in [0, 0.05) is 24.8 Å². The summed E-state index contributed by atoms with van der Waals surface area (Å²) < 4.78 is 6.30. The van der Waals surface area contributed by atoms with Gasteiger partial charge in [0.05, 0.1) is 11.3 Å². The average Bonchev–Trinajstić information content (AvgIpc) is 2.73. The fraction of sp³-hybridized carbons (Fsp3) is 0.500. The lowest BCUT2D eigenvalue weighted by atomic mass is 9.79. The molecule has 1 aliphatic rings. The molecule has 1 heterocycles. The summed E-state index contributed by atoms with van der Waals surface area (Å²) in [5.74, 6) is 0. The maximum absolute atomic E-state index is 6.30. The molecule has 156 valence electrons. The molecule has 3 nitrogen and oxygen atoms in total. The molecule has 0 radical (unpaired) electrons. The molecule has 0 aliphatic heterocycles. The first-order valence-electron chi connectivity index (χ1n) is 11.1. The minimum atomic E-state index is -0.0344. The highest BCUT2D eigenvalue weighted by atomic mass is 16.5. The van der Waals surface area contributed by atoms with E-state index in [1.165, 1.54) is 47.1 Å². The SMILES string of the molecule is C=C(CC1(OCC)CCCCC1)c1cc(CCNC)cc(-c2ccc(C)cn2)c1. The Bertz CT molecular complexity index is 798. The molecule has 29 heavy (non-hydrogen) atoms. The van der Waals surface area contributed by atoms with Crippen molar-refractivity contribution in [1.82, 2.24) is 10.3 Å². The van der Waals surface area contributed by atoms with Crippen molar-refractivity contribution in [1.29, 1.82) is 0 Å². The first kappa shape index (κ1) is 21.7. The highest BCUT2D eigenvalue weighted by molar-refractivity contribution is 5.72. The number of pyridine rings is 1. The number of hydrogen-bond acceptors (Lipinski definition) is 3. The molecule has 0 spiro atoms. The number of aryl methyl sites for hydroxylation is 1. The zero-order chi connectivity index (χ0) is 20.7. The molecular weight excluding hydrogens is 356 g/mol. The summed E-state index contributed by atoms with van der Waals surface area (Å²) in [6.07, 6.45) is 9.98. The van der Waals surface area contributed by atoms with Crippen LogP contribution >= 0.6 is 0 Å². The summed E-state index contributed by atoms with van der Waals surface area (Å²) in [5, 5.41) is 3.26. The summed E-state index contributed by atoms with van der Waals surface area (Å²) in [4.78, 5) is 4.66. The van der Waals surface area contributed by atoms with Crippen molar-refractivity contribution in [2.24, 2.45) is 0 Å². The molecule has 0 amide bonds. The molecule has 1 saturated carbocycles. The molecule has 0 saturated heterocycles. The van der Waals surface area contributed by atoms with Crippen molar-refractivity contribution >= 4 is 5.57 Å². The number of nitrogens with zero attached hydrogens (tertiary/aromatic N) is 1. The zero-order valence-electron chi connectivity index (χ0n) is 18.4. The predicted octanol–water partition coefficient (Wildman–Crippen LogP) is 5.96. The zero-order valence-corrected chi connectivity index (χ0v) is 18.4. The second-order valence-corrected chi connectivity index (χ2v) is 8.45. The van der Waals surface area contributed by atoms with Gasteiger partial charge in [-0.05, 0) is 87.2 Å². The third kappa shape index (κ3) is 5.77. The van der Waals surface area contributed by atoms with Crippen LogP contribution in [0.4, 0.5) is 0 Å². The number of nitrogens with one attached hydrogen (secondary N) is 1. The number of aromatic nitrogens is 1. The van der Waals surface area contributed by atoms with E-state index in [0.29, 0.717) is 0 Å². The Morgan fingerprint density at radius 2 is 1.97 bits per heavy atom. The van der Waals surface area contributed by atoms with Crippen LogP contribution in [-0.2, 0) is 11.2 Å². The molecular formula is C26H36N2O. The number of hydrogen-bond donors (Lipinski definition) is 1. The first-order chi connectivity index (χ1) is 14.0. The average molecular weight is 393 g/mol. The van der Waals surface area contributed by atoms with Crippen molar-refractivity contribution < 1.29 is 4.74 Å². The summed E-state index contributed by atoms with van der Waals surface area (Å²) >= 11 is 0. The maximum atomic E-state index is 6.30. The quantitative estimate of drug-likeness (QED) is 0.571. The highest BCUT2D eigenvalue weighted by Gasteiger charge is 2.33. The Morgan fingerprint density at radius 3 is 2.62 bits per heavy atom. The Labute approximate surface area is 176 Å². The highest BCUT2D eigenvalue weighted by Crippen LogP contribution is 2.39. The number of likely N-dealkylation sites (N-methyl/N-ethyl adjacent to an activating group) is 1. The van der Waals surface area contributed by atoms with Gasteiger partial charge in [0.25, 0.3) is 0 Å². The molecule has 1 aromatic heterocycles. The van der Waals surface area contributed by atoms with Crippen molar-refractivity contribution in [3.05, 3.63) is 59.8 Å². The smallest absolute Gasteiger partial charge is 0.0722 e. The second-order valence-electron chi connectivity index (χ2n) is 8.45. The molecule has 0 bridgehead atoms. The fourth-order valence-electron chi connectivity index (χ4n) is 4.46. The molecule has 0 atom stereocenters. The molecule has 2 aromatic rings. The van der Waals surface area contributed by atoms with E-state index in [9.17, 15) is 0 Å². The van der Waals surface area contributed by atoms with E-state index in [0.717, 1.165) is 44.5 Å². The van der Waals surface area contributed by atoms with Crippen LogP contribution in [0.25, 0.3) is 16.8 Å². The fourth-order valence-corrected chi connectivity index (χ4v) is 4.46. The molecule has 1 fully saturated rings. The van der Waals surface area contributed by atoms with Crippen LogP contribution in [0.3, 0.4) is 0 Å². The van der Waals surface area contributed by atoms with E-state index in [4.69, 9.17) is 4.74 Å². The maximum Gasteiger partial charge on any atom is 0.0722 e. The van der Waals surface area contributed by atoms with Crippen molar-refractivity contribution in [2.75, 3.05) is 20.2 Å². The molecule has 0 unspecified atom stereocenters. The Kier molecular flexibility index (Phi) is 7.63. The van der Waals surface area contributed by atoms with Crippen LogP contribution in [0.1, 0.15) is 62.1 Å². The van der Waals surface area contributed by atoms with Gasteiger partial charge in [0.1, 0.15) is 0 Å². The van der Waals surface area contributed by atoms with Crippen molar-refractivity contribution in [3.63, 3.8) is 0 Å². The van der Waals surface area contributed by atoms with Gasteiger partial charge >= 0.3 is 0 Å². The van der Waals surface area contributed by atoms with Gasteiger partial charge in [0.2, 0.25) is 0 Å². The van der Waals surface area contributed by atoms with Crippen molar-refractivity contribution in [3.8, 4) is 11.3 Å². The van der Waals surface area contributed by atoms with E-state index in [2.05, 4.69) is 61.1 Å². The van der Waals surface area contributed by atoms with Crippen LogP contribution in [0.5, 0.6) is 0 Å². The minimum absolute atomic E-state index is 0.0344. The van der Waals surface area contributed by atoms with Gasteiger partial charge in [0.15, 0.2) is 0 Å². The topological polar surface area (TPSA) is 34.1 Å². The van der Waals surface area contributed by atoms with E-state index in [1.807, 2.05) is 13.2 Å². The molecule has 3 heteroatoms. The number of ether oxygens (including phenoxy) is 1. The Hall–Kier alpha value is -1.97. The van der Waals surface area contributed by atoms with E-state index in [-0.39, 0.29) is 5.60 Å². The Morgan fingerprint density at radius 1 is 1.17 bits per heavy atom.